The van der Waals surface area contributed by atoms with Crippen molar-refractivity contribution in [1.29, 1.82) is 0 Å². The minimum absolute atomic E-state index is 0.986. The molecule has 0 aromatic heterocycles. The molecule has 0 N–H and O–H groups in total. The lowest BCUT2D eigenvalue weighted by atomic mass is 10.00. The number of methoxy groups -OCH3 is 1. The molecule has 2 aromatic rings. The highest BCUT2D eigenvalue weighted by Crippen LogP contribution is 2.29. The SMILES string of the molecule is COc1c(C)cc(-c2ccccc2)cc1C. The van der Waals surface area contributed by atoms with Crippen molar-refractivity contribution in [3.8, 4) is 16.9 Å². The zero-order chi connectivity index (χ0) is 11.5. The van der Waals surface area contributed by atoms with Gasteiger partial charge in [0.05, 0.1) is 7.11 Å². The van der Waals surface area contributed by atoms with Crippen LogP contribution in [0.1, 0.15) is 11.1 Å². The van der Waals surface area contributed by atoms with Gasteiger partial charge in [0.15, 0.2) is 0 Å². The molecule has 0 saturated carbocycles. The number of aryl methyl sites for hydroxylation is 2. The quantitative estimate of drug-likeness (QED) is 0.731. The summed E-state index contributed by atoms with van der Waals surface area (Å²) in [6, 6.07) is 14.7. The Bertz CT molecular complexity index is 463. The molecule has 0 atom stereocenters. The van der Waals surface area contributed by atoms with Crippen LogP contribution in [-0.2, 0) is 0 Å². The number of benzene rings is 2. The zero-order valence-electron chi connectivity index (χ0n) is 9.95. The van der Waals surface area contributed by atoms with Crippen molar-refractivity contribution in [1.82, 2.24) is 0 Å². The van der Waals surface area contributed by atoms with E-state index in [-0.39, 0.29) is 0 Å². The molecular weight excluding hydrogens is 196 g/mol. The number of rotatable bonds is 2. The lowest BCUT2D eigenvalue weighted by Crippen LogP contribution is -1.92. The molecule has 1 heteroatoms. The van der Waals surface area contributed by atoms with Crippen LogP contribution >= 0.6 is 0 Å². The minimum atomic E-state index is 0.986. The fraction of sp³-hybridized carbons (Fsp3) is 0.200. The molecule has 1 nitrogen and oxygen atoms in total. The normalized spacial score (nSPS) is 10.2. The molecule has 0 aliphatic carbocycles. The Morgan fingerprint density at radius 3 is 1.88 bits per heavy atom. The summed E-state index contributed by atoms with van der Waals surface area (Å²) in [4.78, 5) is 0. The van der Waals surface area contributed by atoms with Gasteiger partial charge < -0.3 is 4.74 Å². The Labute approximate surface area is 96.7 Å². The van der Waals surface area contributed by atoms with E-state index >= 15 is 0 Å². The molecule has 0 amide bonds. The third-order valence-corrected chi connectivity index (χ3v) is 2.77. The molecule has 0 fully saturated rings. The Morgan fingerprint density at radius 1 is 0.812 bits per heavy atom. The van der Waals surface area contributed by atoms with Gasteiger partial charge in [-0.05, 0) is 48.2 Å². The maximum absolute atomic E-state index is 5.37. The highest BCUT2D eigenvalue weighted by atomic mass is 16.5. The lowest BCUT2D eigenvalue weighted by molar-refractivity contribution is 0.408. The molecule has 2 rings (SSSR count). The summed E-state index contributed by atoms with van der Waals surface area (Å²) in [5, 5.41) is 0. The largest absolute Gasteiger partial charge is 0.496 e. The summed E-state index contributed by atoms with van der Waals surface area (Å²) in [6.45, 7) is 4.16. The topological polar surface area (TPSA) is 9.23 Å². The monoisotopic (exact) mass is 212 g/mol. The first-order valence-electron chi connectivity index (χ1n) is 5.43. The van der Waals surface area contributed by atoms with Crippen LogP contribution < -0.4 is 4.74 Å². The molecule has 0 aliphatic heterocycles. The van der Waals surface area contributed by atoms with Gasteiger partial charge >= 0.3 is 0 Å². The zero-order valence-corrected chi connectivity index (χ0v) is 9.95. The van der Waals surface area contributed by atoms with Gasteiger partial charge in [-0.15, -0.1) is 0 Å². The van der Waals surface area contributed by atoms with E-state index in [2.05, 4.69) is 50.2 Å². The summed E-state index contributed by atoms with van der Waals surface area (Å²) in [5.74, 6) is 0.986. The lowest BCUT2D eigenvalue weighted by Gasteiger charge is -2.11. The molecule has 2 aromatic carbocycles. The second-order valence-electron chi connectivity index (χ2n) is 4.01. The first-order valence-corrected chi connectivity index (χ1v) is 5.43. The summed E-state index contributed by atoms with van der Waals surface area (Å²) in [7, 11) is 1.72. The molecule has 0 heterocycles. The van der Waals surface area contributed by atoms with Crippen molar-refractivity contribution < 1.29 is 4.74 Å². The summed E-state index contributed by atoms with van der Waals surface area (Å²) in [6.07, 6.45) is 0. The fourth-order valence-corrected chi connectivity index (χ4v) is 2.07. The number of hydrogen-bond donors (Lipinski definition) is 0. The van der Waals surface area contributed by atoms with Crippen LogP contribution in [0.15, 0.2) is 42.5 Å². The highest BCUT2D eigenvalue weighted by molar-refractivity contribution is 5.67. The first kappa shape index (κ1) is 10.7. The average molecular weight is 212 g/mol. The first-order chi connectivity index (χ1) is 7.72. The molecule has 0 bridgehead atoms. The van der Waals surface area contributed by atoms with Crippen molar-refractivity contribution in [3.63, 3.8) is 0 Å². The molecule has 82 valence electrons. The molecule has 16 heavy (non-hydrogen) atoms. The van der Waals surface area contributed by atoms with Crippen molar-refractivity contribution >= 4 is 0 Å². The number of hydrogen-bond acceptors (Lipinski definition) is 1. The second-order valence-corrected chi connectivity index (χ2v) is 4.01. The van der Waals surface area contributed by atoms with Crippen molar-refractivity contribution in [2.45, 2.75) is 13.8 Å². The Kier molecular flexibility index (Phi) is 2.95. The van der Waals surface area contributed by atoms with Gasteiger partial charge in [0.2, 0.25) is 0 Å². The molecule has 0 radical (unpaired) electrons. The average Bonchev–Trinajstić information content (AvgIpc) is 2.30. The van der Waals surface area contributed by atoms with E-state index in [9.17, 15) is 0 Å². The van der Waals surface area contributed by atoms with E-state index in [1.54, 1.807) is 7.11 Å². The van der Waals surface area contributed by atoms with Gasteiger partial charge in [0, 0.05) is 0 Å². The molecule has 0 spiro atoms. The summed E-state index contributed by atoms with van der Waals surface area (Å²) < 4.78 is 5.37. The van der Waals surface area contributed by atoms with Crippen LogP contribution in [0, 0.1) is 13.8 Å². The Morgan fingerprint density at radius 2 is 1.38 bits per heavy atom. The smallest absolute Gasteiger partial charge is 0.124 e. The minimum Gasteiger partial charge on any atom is -0.496 e. The Hall–Kier alpha value is -1.76. The molecule has 0 aliphatic rings. The van der Waals surface area contributed by atoms with Crippen LogP contribution in [-0.4, -0.2) is 7.11 Å². The van der Waals surface area contributed by atoms with Gasteiger partial charge in [0.25, 0.3) is 0 Å². The van der Waals surface area contributed by atoms with Gasteiger partial charge in [0.1, 0.15) is 5.75 Å². The summed E-state index contributed by atoms with van der Waals surface area (Å²) >= 11 is 0. The summed E-state index contributed by atoms with van der Waals surface area (Å²) in [5.41, 5.74) is 4.86. The van der Waals surface area contributed by atoms with Gasteiger partial charge in [-0.1, -0.05) is 30.3 Å². The van der Waals surface area contributed by atoms with E-state index in [4.69, 9.17) is 4.74 Å². The van der Waals surface area contributed by atoms with Crippen LogP contribution in [0.2, 0.25) is 0 Å². The van der Waals surface area contributed by atoms with Crippen molar-refractivity contribution in [3.05, 3.63) is 53.6 Å². The van der Waals surface area contributed by atoms with Crippen LogP contribution in [0.5, 0.6) is 5.75 Å². The number of ether oxygens (including phenoxy) is 1. The van der Waals surface area contributed by atoms with E-state index in [1.165, 1.54) is 22.3 Å². The third-order valence-electron chi connectivity index (χ3n) is 2.77. The predicted molar refractivity (Wildman–Crippen MR) is 67.9 cm³/mol. The van der Waals surface area contributed by atoms with Gasteiger partial charge in [-0.3, -0.25) is 0 Å². The molecular formula is C15H16O. The standard InChI is InChI=1S/C15H16O/c1-11-9-14(10-12(2)15(11)16-3)13-7-5-4-6-8-13/h4-10H,1-3H3. The van der Waals surface area contributed by atoms with Crippen molar-refractivity contribution in [2.75, 3.05) is 7.11 Å². The van der Waals surface area contributed by atoms with Gasteiger partial charge in [-0.2, -0.15) is 0 Å². The fourth-order valence-electron chi connectivity index (χ4n) is 2.07. The molecule has 0 unspecified atom stereocenters. The Balaban J connectivity index is 2.53. The van der Waals surface area contributed by atoms with E-state index in [0.29, 0.717) is 0 Å². The van der Waals surface area contributed by atoms with E-state index in [0.717, 1.165) is 5.75 Å². The van der Waals surface area contributed by atoms with Crippen molar-refractivity contribution in [2.24, 2.45) is 0 Å². The third kappa shape index (κ3) is 1.94. The maximum atomic E-state index is 5.37. The van der Waals surface area contributed by atoms with Gasteiger partial charge in [-0.25, -0.2) is 0 Å². The second kappa shape index (κ2) is 4.40. The predicted octanol–water partition coefficient (Wildman–Crippen LogP) is 3.98. The van der Waals surface area contributed by atoms with E-state index in [1.807, 2.05) is 6.07 Å². The maximum Gasteiger partial charge on any atom is 0.124 e. The van der Waals surface area contributed by atoms with E-state index < -0.39 is 0 Å². The van der Waals surface area contributed by atoms with Crippen LogP contribution in [0.25, 0.3) is 11.1 Å². The molecule has 0 saturated heterocycles. The highest BCUT2D eigenvalue weighted by Gasteiger charge is 2.05. The van der Waals surface area contributed by atoms with Crippen LogP contribution in [0.4, 0.5) is 0 Å². The van der Waals surface area contributed by atoms with Crippen LogP contribution in [0.3, 0.4) is 0 Å².